The van der Waals surface area contributed by atoms with E-state index in [1.165, 1.54) is 6.07 Å². The molecule has 152 valence electrons. The van der Waals surface area contributed by atoms with E-state index in [1.54, 1.807) is 18.6 Å². The molecule has 4 nitrogen and oxygen atoms in total. The maximum absolute atomic E-state index is 14.8. The molecule has 2 aromatic rings. The predicted octanol–water partition coefficient (Wildman–Crippen LogP) is 5.09. The van der Waals surface area contributed by atoms with Gasteiger partial charge in [0.25, 0.3) is 0 Å². The van der Waals surface area contributed by atoms with Crippen LogP contribution >= 0.6 is 0 Å². The van der Waals surface area contributed by atoms with Gasteiger partial charge in [-0.1, -0.05) is 19.1 Å². The van der Waals surface area contributed by atoms with Crippen LogP contribution in [0.25, 0.3) is 11.3 Å². The Balaban J connectivity index is 1.46. The molecule has 6 unspecified atom stereocenters. The molecule has 2 bridgehead atoms. The molecule has 6 atom stereocenters. The van der Waals surface area contributed by atoms with Gasteiger partial charge in [-0.25, -0.2) is 9.37 Å². The lowest BCUT2D eigenvalue weighted by Gasteiger charge is -2.51. The lowest BCUT2D eigenvalue weighted by Crippen LogP contribution is -2.46. The zero-order chi connectivity index (χ0) is 20.2. The third-order valence-electron chi connectivity index (χ3n) is 8.14. The Morgan fingerprint density at radius 2 is 2.24 bits per heavy atom. The Morgan fingerprint density at radius 3 is 3.03 bits per heavy atom. The standard InChI is InChI=1S/C24H28FN3O/c1-2-24(10-15-6-7-16(12-26)17(8-15)11-24)22(29)9-20-23-18(4-3-5-19(23)25)21-13-27-14-28(20)21/h3-5,13-17,20,22,29H,2,6-11H2,1H3. The van der Waals surface area contributed by atoms with Crippen molar-refractivity contribution in [2.24, 2.45) is 23.2 Å². The summed E-state index contributed by atoms with van der Waals surface area (Å²) in [7, 11) is 0. The van der Waals surface area contributed by atoms with E-state index in [0.717, 1.165) is 49.8 Å². The Hall–Kier alpha value is -2.19. The molecule has 0 amide bonds. The zero-order valence-electron chi connectivity index (χ0n) is 16.9. The fourth-order valence-corrected chi connectivity index (χ4v) is 6.61. The number of hydrogen-bond acceptors (Lipinski definition) is 3. The maximum atomic E-state index is 14.8. The summed E-state index contributed by atoms with van der Waals surface area (Å²) >= 11 is 0. The predicted molar refractivity (Wildman–Crippen MR) is 108 cm³/mol. The van der Waals surface area contributed by atoms with Gasteiger partial charge in [-0.15, -0.1) is 0 Å². The zero-order valence-corrected chi connectivity index (χ0v) is 16.9. The number of aliphatic hydroxyl groups is 1. The van der Waals surface area contributed by atoms with Gasteiger partial charge in [0.05, 0.1) is 36.4 Å². The highest BCUT2D eigenvalue weighted by molar-refractivity contribution is 5.69. The van der Waals surface area contributed by atoms with Crippen LogP contribution in [-0.4, -0.2) is 20.8 Å². The van der Waals surface area contributed by atoms with Gasteiger partial charge in [0.15, 0.2) is 0 Å². The summed E-state index contributed by atoms with van der Waals surface area (Å²) in [5.74, 6) is 0.899. The van der Waals surface area contributed by atoms with Crippen molar-refractivity contribution in [2.45, 2.75) is 64.0 Å². The smallest absolute Gasteiger partial charge is 0.129 e. The van der Waals surface area contributed by atoms with Crippen molar-refractivity contribution in [3.8, 4) is 17.3 Å². The van der Waals surface area contributed by atoms with E-state index in [0.29, 0.717) is 23.8 Å². The number of rotatable bonds is 4. The molecule has 0 spiro atoms. The third-order valence-corrected chi connectivity index (χ3v) is 8.14. The van der Waals surface area contributed by atoms with Crippen LogP contribution in [-0.2, 0) is 0 Å². The molecule has 1 aromatic carbocycles. The molecule has 1 aliphatic heterocycles. The molecule has 2 heterocycles. The fraction of sp³-hybridized carbons (Fsp3) is 0.583. The van der Waals surface area contributed by atoms with E-state index < -0.39 is 6.10 Å². The van der Waals surface area contributed by atoms with E-state index in [9.17, 15) is 14.8 Å². The van der Waals surface area contributed by atoms with Crippen LogP contribution in [0, 0.1) is 40.3 Å². The number of aliphatic hydroxyl groups excluding tert-OH is 1. The molecule has 5 heteroatoms. The summed E-state index contributed by atoms with van der Waals surface area (Å²) < 4.78 is 16.8. The Morgan fingerprint density at radius 1 is 1.38 bits per heavy atom. The van der Waals surface area contributed by atoms with Crippen LogP contribution in [0.4, 0.5) is 4.39 Å². The van der Waals surface area contributed by atoms with Gasteiger partial charge in [-0.05, 0) is 68.3 Å². The third kappa shape index (κ3) is 2.84. The first-order chi connectivity index (χ1) is 14.1. The molecule has 1 N–H and O–H groups in total. The first-order valence-corrected chi connectivity index (χ1v) is 10.9. The average Bonchev–Trinajstić information content (AvgIpc) is 3.31. The van der Waals surface area contributed by atoms with Crippen molar-refractivity contribution < 1.29 is 9.50 Å². The fourth-order valence-electron chi connectivity index (χ4n) is 6.61. The van der Waals surface area contributed by atoms with Crippen LogP contribution in [0.1, 0.15) is 63.5 Å². The van der Waals surface area contributed by atoms with E-state index in [2.05, 4.69) is 18.0 Å². The van der Waals surface area contributed by atoms with E-state index in [4.69, 9.17) is 0 Å². The molecule has 2 fully saturated rings. The quantitative estimate of drug-likeness (QED) is 0.787. The van der Waals surface area contributed by atoms with Gasteiger partial charge < -0.3 is 9.67 Å². The molecule has 0 radical (unpaired) electrons. The number of fused-ring (bicyclic) bond motifs is 5. The summed E-state index contributed by atoms with van der Waals surface area (Å²) in [5.41, 5.74) is 2.31. The normalized spacial score (nSPS) is 33.6. The summed E-state index contributed by atoms with van der Waals surface area (Å²) in [5, 5.41) is 21.1. The number of aromatic nitrogens is 2. The molecular weight excluding hydrogens is 365 g/mol. The van der Waals surface area contributed by atoms with Crippen LogP contribution in [0.3, 0.4) is 0 Å². The minimum absolute atomic E-state index is 0.120. The monoisotopic (exact) mass is 393 g/mol. The molecule has 1 aromatic heterocycles. The maximum Gasteiger partial charge on any atom is 0.129 e. The van der Waals surface area contributed by atoms with Crippen LogP contribution in [0.15, 0.2) is 30.7 Å². The minimum atomic E-state index is -0.527. The molecular formula is C24H28FN3O. The summed E-state index contributed by atoms with van der Waals surface area (Å²) in [6.45, 7) is 2.16. The Bertz CT molecular complexity index is 963. The highest BCUT2D eigenvalue weighted by Crippen LogP contribution is 2.55. The topological polar surface area (TPSA) is 61.8 Å². The highest BCUT2D eigenvalue weighted by atomic mass is 19.1. The highest BCUT2D eigenvalue weighted by Gasteiger charge is 2.49. The van der Waals surface area contributed by atoms with Crippen molar-refractivity contribution in [1.82, 2.24) is 9.55 Å². The molecule has 2 aliphatic carbocycles. The summed E-state index contributed by atoms with van der Waals surface area (Å²) in [6.07, 6.45) is 9.54. The second-order valence-electron chi connectivity index (χ2n) is 9.45. The SMILES string of the molecule is CCC1(C(O)CC2c3c(F)cccc3-c3cncn32)CC2CCC(C#N)C(C2)C1. The summed E-state index contributed by atoms with van der Waals surface area (Å²) in [6, 6.07) is 7.48. The van der Waals surface area contributed by atoms with E-state index >= 15 is 0 Å². The number of hydrogen-bond donors (Lipinski definition) is 1. The van der Waals surface area contributed by atoms with Gasteiger partial charge >= 0.3 is 0 Å². The van der Waals surface area contributed by atoms with Crippen LogP contribution < -0.4 is 0 Å². The van der Waals surface area contributed by atoms with Crippen molar-refractivity contribution >= 4 is 0 Å². The van der Waals surface area contributed by atoms with Gasteiger partial charge in [0.1, 0.15) is 5.82 Å². The van der Waals surface area contributed by atoms with Crippen molar-refractivity contribution in [1.29, 1.82) is 5.26 Å². The summed E-state index contributed by atoms with van der Waals surface area (Å²) in [4.78, 5) is 4.27. The first-order valence-electron chi connectivity index (χ1n) is 10.9. The number of benzene rings is 1. The largest absolute Gasteiger partial charge is 0.392 e. The van der Waals surface area contributed by atoms with Gasteiger partial charge in [0, 0.05) is 17.0 Å². The van der Waals surface area contributed by atoms with Crippen molar-refractivity contribution in [3.05, 3.63) is 42.1 Å². The van der Waals surface area contributed by atoms with Crippen molar-refractivity contribution in [3.63, 3.8) is 0 Å². The lowest BCUT2D eigenvalue weighted by molar-refractivity contribution is -0.0678. The Labute approximate surface area is 171 Å². The van der Waals surface area contributed by atoms with Crippen LogP contribution in [0.2, 0.25) is 0 Å². The number of nitrogens with zero attached hydrogens (tertiary/aromatic N) is 3. The number of imidazole rings is 1. The van der Waals surface area contributed by atoms with E-state index in [1.807, 2.05) is 10.6 Å². The number of halogens is 1. The minimum Gasteiger partial charge on any atom is -0.392 e. The lowest BCUT2D eigenvalue weighted by atomic mass is 9.55. The first kappa shape index (κ1) is 18.8. The Kier molecular flexibility index (Phi) is 4.51. The molecule has 29 heavy (non-hydrogen) atoms. The molecule has 3 aliphatic rings. The van der Waals surface area contributed by atoms with Gasteiger partial charge in [0.2, 0.25) is 0 Å². The van der Waals surface area contributed by atoms with Gasteiger partial charge in [-0.3, -0.25) is 0 Å². The average molecular weight is 394 g/mol. The van der Waals surface area contributed by atoms with Crippen molar-refractivity contribution in [2.75, 3.05) is 0 Å². The second-order valence-corrected chi connectivity index (χ2v) is 9.45. The second kappa shape index (κ2) is 6.95. The number of nitriles is 1. The van der Waals surface area contributed by atoms with Crippen LogP contribution in [0.5, 0.6) is 0 Å². The molecule has 2 saturated carbocycles. The van der Waals surface area contributed by atoms with Gasteiger partial charge in [-0.2, -0.15) is 5.26 Å². The van der Waals surface area contributed by atoms with E-state index in [-0.39, 0.29) is 23.2 Å². The molecule has 0 saturated heterocycles. The molecule has 5 rings (SSSR count).